The smallest absolute Gasteiger partial charge is 0.0652 e. The van der Waals surface area contributed by atoms with Crippen molar-refractivity contribution in [1.82, 2.24) is 4.90 Å². The summed E-state index contributed by atoms with van der Waals surface area (Å²) in [5.74, 6) is 0.667. The van der Waals surface area contributed by atoms with Gasteiger partial charge in [0.2, 0.25) is 0 Å². The van der Waals surface area contributed by atoms with Crippen LogP contribution in [-0.2, 0) is 0 Å². The molecule has 0 saturated carbocycles. The number of hydrazone groups is 1. The van der Waals surface area contributed by atoms with Gasteiger partial charge in [-0.3, -0.25) is 4.90 Å². The minimum Gasteiger partial charge on any atom is -0.298 e. The van der Waals surface area contributed by atoms with Gasteiger partial charge >= 0.3 is 0 Å². The average molecular weight is 291 g/mol. The van der Waals surface area contributed by atoms with Gasteiger partial charge in [0.05, 0.1) is 17.1 Å². The van der Waals surface area contributed by atoms with Crippen LogP contribution in [0.4, 0.5) is 11.4 Å². The third-order valence-corrected chi connectivity index (χ3v) is 4.67. The fourth-order valence-corrected chi connectivity index (χ4v) is 3.43. The first-order valence-corrected chi connectivity index (χ1v) is 8.10. The van der Waals surface area contributed by atoms with Crippen LogP contribution in [0.2, 0.25) is 0 Å². The lowest BCUT2D eigenvalue weighted by atomic mass is 9.87. The highest BCUT2D eigenvalue weighted by Gasteiger charge is 2.31. The van der Waals surface area contributed by atoms with Crippen LogP contribution in [0, 0.1) is 5.92 Å². The van der Waals surface area contributed by atoms with Crippen LogP contribution in [0.15, 0.2) is 65.8 Å². The number of anilines is 2. The second kappa shape index (κ2) is 5.93. The molecule has 5 rings (SSSR count). The molecule has 3 heteroatoms. The minimum absolute atomic E-state index is 0.667. The summed E-state index contributed by atoms with van der Waals surface area (Å²) in [4.78, 5) is 2.52. The summed E-state index contributed by atoms with van der Waals surface area (Å²) < 4.78 is 0. The molecule has 0 N–H and O–H groups in total. The van der Waals surface area contributed by atoms with E-state index in [4.69, 9.17) is 5.10 Å². The predicted octanol–water partition coefficient (Wildman–Crippen LogP) is 3.91. The van der Waals surface area contributed by atoms with Crippen molar-refractivity contribution in [3.05, 3.63) is 60.7 Å². The number of rotatable bonds is 3. The molecule has 0 aliphatic carbocycles. The van der Waals surface area contributed by atoms with Crippen molar-refractivity contribution in [2.75, 3.05) is 24.6 Å². The molecule has 0 unspecified atom stereocenters. The van der Waals surface area contributed by atoms with Gasteiger partial charge in [-0.25, -0.2) is 5.01 Å². The second-order valence-electron chi connectivity index (χ2n) is 6.12. The van der Waals surface area contributed by atoms with Crippen LogP contribution < -0.4 is 5.01 Å². The third-order valence-electron chi connectivity index (χ3n) is 4.67. The predicted molar refractivity (Wildman–Crippen MR) is 91.6 cm³/mol. The fourth-order valence-electron chi connectivity index (χ4n) is 3.43. The van der Waals surface area contributed by atoms with Crippen molar-refractivity contribution in [1.29, 1.82) is 0 Å². The van der Waals surface area contributed by atoms with Gasteiger partial charge in [0.25, 0.3) is 0 Å². The van der Waals surface area contributed by atoms with Crippen molar-refractivity contribution in [2.24, 2.45) is 11.0 Å². The molecule has 3 nitrogen and oxygen atoms in total. The SMILES string of the molecule is c1ccc(N(N=C2CN3CCC2CC3)c2ccccc2)cc1. The molecule has 2 bridgehead atoms. The molecule has 2 aromatic carbocycles. The lowest BCUT2D eigenvalue weighted by molar-refractivity contribution is 0.200. The van der Waals surface area contributed by atoms with E-state index in [1.165, 1.54) is 31.6 Å². The van der Waals surface area contributed by atoms with Gasteiger partial charge in [-0.15, -0.1) is 0 Å². The Labute approximate surface area is 131 Å². The zero-order chi connectivity index (χ0) is 14.8. The van der Waals surface area contributed by atoms with E-state index in [-0.39, 0.29) is 0 Å². The van der Waals surface area contributed by atoms with Crippen LogP contribution >= 0.6 is 0 Å². The molecule has 3 fully saturated rings. The van der Waals surface area contributed by atoms with Gasteiger partial charge in [0.15, 0.2) is 0 Å². The summed E-state index contributed by atoms with van der Waals surface area (Å²) in [6, 6.07) is 20.9. The Morgan fingerprint density at radius 2 is 1.36 bits per heavy atom. The molecule has 0 aromatic heterocycles. The highest BCUT2D eigenvalue weighted by Crippen LogP contribution is 2.30. The summed E-state index contributed by atoms with van der Waals surface area (Å²) in [5.41, 5.74) is 3.58. The molecule has 0 atom stereocenters. The van der Waals surface area contributed by atoms with Crippen molar-refractivity contribution in [2.45, 2.75) is 12.8 Å². The van der Waals surface area contributed by atoms with Gasteiger partial charge in [-0.05, 0) is 50.2 Å². The number of para-hydroxylation sites is 2. The van der Waals surface area contributed by atoms with E-state index in [1.807, 2.05) is 12.1 Å². The number of nitrogens with zero attached hydrogens (tertiary/aromatic N) is 3. The van der Waals surface area contributed by atoms with Crippen LogP contribution in [0.3, 0.4) is 0 Å². The zero-order valence-electron chi connectivity index (χ0n) is 12.7. The first-order chi connectivity index (χ1) is 10.9. The Hall–Kier alpha value is -2.13. The maximum absolute atomic E-state index is 5.07. The van der Waals surface area contributed by atoms with Crippen molar-refractivity contribution < 1.29 is 0 Å². The number of hydrogen-bond acceptors (Lipinski definition) is 3. The number of hydrogen-bond donors (Lipinski definition) is 0. The standard InChI is InChI=1S/C19H21N3/c1-3-7-17(8-4-1)22(18-9-5-2-6-10-18)20-19-15-21-13-11-16(19)12-14-21/h1-10,16H,11-15H2. The molecule has 0 radical (unpaired) electrons. The van der Waals surface area contributed by atoms with Gasteiger partial charge in [0.1, 0.15) is 0 Å². The Morgan fingerprint density at radius 1 is 0.818 bits per heavy atom. The maximum atomic E-state index is 5.07. The molecule has 0 amide bonds. The van der Waals surface area contributed by atoms with E-state index in [9.17, 15) is 0 Å². The first-order valence-electron chi connectivity index (χ1n) is 8.10. The quantitative estimate of drug-likeness (QED) is 0.799. The summed E-state index contributed by atoms with van der Waals surface area (Å²) >= 11 is 0. The van der Waals surface area contributed by atoms with Crippen LogP contribution in [0.1, 0.15) is 12.8 Å². The molecular weight excluding hydrogens is 270 g/mol. The third kappa shape index (κ3) is 2.64. The Balaban J connectivity index is 1.72. The lowest BCUT2D eigenvalue weighted by Crippen LogP contribution is -2.48. The number of piperidine rings is 3. The van der Waals surface area contributed by atoms with Crippen LogP contribution in [0.25, 0.3) is 0 Å². The first kappa shape index (κ1) is 13.5. The highest BCUT2D eigenvalue weighted by atomic mass is 15.5. The summed E-state index contributed by atoms with van der Waals surface area (Å²) in [5, 5.41) is 7.16. The van der Waals surface area contributed by atoms with E-state index in [2.05, 4.69) is 58.4 Å². The lowest BCUT2D eigenvalue weighted by Gasteiger charge is -2.40. The summed E-state index contributed by atoms with van der Waals surface area (Å²) in [6.07, 6.45) is 2.52. The van der Waals surface area contributed by atoms with Crippen molar-refractivity contribution in [3.63, 3.8) is 0 Å². The molecule has 112 valence electrons. The second-order valence-corrected chi connectivity index (χ2v) is 6.12. The van der Waals surface area contributed by atoms with Gasteiger partial charge in [-0.1, -0.05) is 36.4 Å². The van der Waals surface area contributed by atoms with E-state index >= 15 is 0 Å². The fraction of sp³-hybridized carbons (Fsp3) is 0.316. The van der Waals surface area contributed by atoms with Gasteiger partial charge in [-0.2, -0.15) is 5.10 Å². The maximum Gasteiger partial charge on any atom is 0.0652 e. The van der Waals surface area contributed by atoms with Crippen molar-refractivity contribution >= 4 is 17.1 Å². The number of benzene rings is 2. The summed E-state index contributed by atoms with van der Waals surface area (Å²) in [7, 11) is 0. The van der Waals surface area contributed by atoms with E-state index in [1.54, 1.807) is 0 Å². The molecule has 3 heterocycles. The zero-order valence-corrected chi connectivity index (χ0v) is 12.7. The molecular formula is C19H21N3. The molecule has 0 spiro atoms. The van der Waals surface area contributed by atoms with Gasteiger partial charge < -0.3 is 0 Å². The molecule has 22 heavy (non-hydrogen) atoms. The topological polar surface area (TPSA) is 18.8 Å². The van der Waals surface area contributed by atoms with Crippen molar-refractivity contribution in [3.8, 4) is 0 Å². The van der Waals surface area contributed by atoms with E-state index in [0.29, 0.717) is 5.92 Å². The Kier molecular flexibility index (Phi) is 3.65. The minimum atomic E-state index is 0.667. The highest BCUT2D eigenvalue weighted by molar-refractivity contribution is 5.91. The Bertz CT molecular complexity index is 603. The van der Waals surface area contributed by atoms with Gasteiger partial charge in [0, 0.05) is 12.5 Å². The molecule has 2 aromatic rings. The molecule has 3 aliphatic rings. The average Bonchev–Trinajstić information content (AvgIpc) is 2.62. The summed E-state index contributed by atoms with van der Waals surface area (Å²) in [6.45, 7) is 3.50. The number of fused-ring (bicyclic) bond motifs is 3. The van der Waals surface area contributed by atoms with Crippen LogP contribution in [-0.4, -0.2) is 30.2 Å². The van der Waals surface area contributed by atoms with Crippen LogP contribution in [0.5, 0.6) is 0 Å². The van der Waals surface area contributed by atoms with E-state index < -0.39 is 0 Å². The Morgan fingerprint density at radius 3 is 1.82 bits per heavy atom. The monoisotopic (exact) mass is 291 g/mol. The molecule has 3 aliphatic heterocycles. The normalized spacial score (nSPS) is 25.4. The van der Waals surface area contributed by atoms with E-state index in [0.717, 1.165) is 17.9 Å². The largest absolute Gasteiger partial charge is 0.298 e. The molecule has 3 saturated heterocycles.